The number of ether oxygens (including phenoxy) is 1. The number of aryl methyl sites for hydroxylation is 1. The first kappa shape index (κ1) is 16.1. The van der Waals surface area contributed by atoms with Crippen LogP contribution in [0.1, 0.15) is 17.9 Å². The predicted molar refractivity (Wildman–Crippen MR) is 92.0 cm³/mol. The highest BCUT2D eigenvalue weighted by molar-refractivity contribution is 5.86. The number of furan rings is 1. The third-order valence-electron chi connectivity index (χ3n) is 5.37. The Labute approximate surface area is 147 Å². The molecule has 0 bridgehead atoms. The van der Waals surface area contributed by atoms with Crippen LogP contribution in [0.4, 0.5) is 0 Å². The van der Waals surface area contributed by atoms with Crippen molar-refractivity contribution in [3.63, 3.8) is 0 Å². The van der Waals surface area contributed by atoms with Crippen molar-refractivity contribution in [3.8, 4) is 5.88 Å². The van der Waals surface area contributed by atoms with Crippen LogP contribution in [-0.2, 0) is 11.3 Å². The molecule has 0 saturated carbocycles. The van der Waals surface area contributed by atoms with E-state index >= 15 is 0 Å². The number of aromatic nitrogens is 1. The zero-order valence-electron chi connectivity index (χ0n) is 14.4. The second-order valence-electron chi connectivity index (χ2n) is 7.02. The van der Waals surface area contributed by atoms with Crippen molar-refractivity contribution in [2.75, 3.05) is 26.2 Å². The standard InChI is InChI=1S/C19H23N3O3/c1-14-5-6-16(25-14)11-22-9-7-19(13-22)15(10-21-18(19)23)12-24-17-4-2-3-8-20-17/h2-6,8,15H,7,9-13H2,1H3,(H,21,23)/t15-,19+/m0/s1. The lowest BCUT2D eigenvalue weighted by molar-refractivity contribution is -0.128. The van der Waals surface area contributed by atoms with Crippen LogP contribution in [-0.4, -0.2) is 42.0 Å². The number of carbonyl (C=O) groups excluding carboxylic acids is 1. The van der Waals surface area contributed by atoms with Crippen LogP contribution in [0, 0.1) is 18.3 Å². The molecule has 2 saturated heterocycles. The first-order valence-corrected chi connectivity index (χ1v) is 8.75. The van der Waals surface area contributed by atoms with Gasteiger partial charge in [-0.05, 0) is 38.1 Å². The Morgan fingerprint density at radius 3 is 3.08 bits per heavy atom. The summed E-state index contributed by atoms with van der Waals surface area (Å²) in [6.07, 6.45) is 2.57. The molecule has 2 aliphatic heterocycles. The fraction of sp³-hybridized carbons (Fsp3) is 0.474. The molecule has 2 atom stereocenters. The second-order valence-corrected chi connectivity index (χ2v) is 7.02. The Hall–Kier alpha value is -2.34. The lowest BCUT2D eigenvalue weighted by Crippen LogP contribution is -2.40. The molecular weight excluding hydrogens is 318 g/mol. The quantitative estimate of drug-likeness (QED) is 0.901. The van der Waals surface area contributed by atoms with Crippen LogP contribution in [0.2, 0.25) is 0 Å². The zero-order valence-corrected chi connectivity index (χ0v) is 14.4. The van der Waals surface area contributed by atoms with E-state index in [9.17, 15) is 4.79 Å². The summed E-state index contributed by atoms with van der Waals surface area (Å²) in [6.45, 7) is 5.51. The summed E-state index contributed by atoms with van der Waals surface area (Å²) in [6, 6.07) is 9.60. The van der Waals surface area contributed by atoms with Gasteiger partial charge in [0.05, 0.1) is 18.6 Å². The van der Waals surface area contributed by atoms with E-state index in [1.807, 2.05) is 37.3 Å². The molecule has 2 fully saturated rings. The third-order valence-corrected chi connectivity index (χ3v) is 5.37. The molecule has 25 heavy (non-hydrogen) atoms. The Morgan fingerprint density at radius 2 is 2.32 bits per heavy atom. The third kappa shape index (κ3) is 3.14. The maximum atomic E-state index is 12.6. The Bertz CT molecular complexity index is 745. The van der Waals surface area contributed by atoms with Gasteiger partial charge in [-0.1, -0.05) is 6.07 Å². The van der Waals surface area contributed by atoms with Gasteiger partial charge in [0.25, 0.3) is 0 Å². The molecular formula is C19H23N3O3. The molecule has 1 spiro atoms. The summed E-state index contributed by atoms with van der Waals surface area (Å²) in [5.41, 5.74) is -0.365. The predicted octanol–water partition coefficient (Wildman–Crippen LogP) is 2.00. The lowest BCUT2D eigenvalue weighted by atomic mass is 9.77. The van der Waals surface area contributed by atoms with Gasteiger partial charge < -0.3 is 14.5 Å². The van der Waals surface area contributed by atoms with E-state index in [2.05, 4.69) is 15.2 Å². The van der Waals surface area contributed by atoms with E-state index in [4.69, 9.17) is 9.15 Å². The van der Waals surface area contributed by atoms with E-state index in [-0.39, 0.29) is 17.2 Å². The molecule has 0 radical (unpaired) electrons. The minimum Gasteiger partial charge on any atom is -0.477 e. The van der Waals surface area contributed by atoms with Crippen molar-refractivity contribution in [2.45, 2.75) is 19.9 Å². The molecule has 4 heterocycles. The summed E-state index contributed by atoms with van der Waals surface area (Å²) < 4.78 is 11.5. The van der Waals surface area contributed by atoms with Crippen LogP contribution in [0.25, 0.3) is 0 Å². The van der Waals surface area contributed by atoms with Crippen LogP contribution in [0.3, 0.4) is 0 Å². The molecule has 4 rings (SSSR count). The highest BCUT2D eigenvalue weighted by Crippen LogP contribution is 2.42. The summed E-state index contributed by atoms with van der Waals surface area (Å²) >= 11 is 0. The van der Waals surface area contributed by atoms with Gasteiger partial charge in [-0.3, -0.25) is 9.69 Å². The number of pyridine rings is 1. The van der Waals surface area contributed by atoms with Gasteiger partial charge in [0.1, 0.15) is 11.5 Å². The molecule has 132 valence electrons. The molecule has 2 aliphatic rings. The van der Waals surface area contributed by atoms with Gasteiger partial charge in [0.2, 0.25) is 11.8 Å². The van der Waals surface area contributed by atoms with Crippen LogP contribution in [0.15, 0.2) is 40.9 Å². The monoisotopic (exact) mass is 341 g/mol. The summed E-state index contributed by atoms with van der Waals surface area (Å²) in [4.78, 5) is 19.1. The largest absolute Gasteiger partial charge is 0.477 e. The number of nitrogens with zero attached hydrogens (tertiary/aromatic N) is 2. The number of nitrogens with one attached hydrogen (secondary N) is 1. The average Bonchev–Trinajstić information content (AvgIpc) is 3.30. The smallest absolute Gasteiger partial charge is 0.228 e. The van der Waals surface area contributed by atoms with Crippen molar-refractivity contribution in [1.29, 1.82) is 0 Å². The lowest BCUT2D eigenvalue weighted by Gasteiger charge is -2.28. The summed E-state index contributed by atoms with van der Waals surface area (Å²) in [5.74, 6) is 2.79. The number of hydrogen-bond acceptors (Lipinski definition) is 5. The fourth-order valence-electron chi connectivity index (χ4n) is 3.97. The summed E-state index contributed by atoms with van der Waals surface area (Å²) in [7, 11) is 0. The fourth-order valence-corrected chi connectivity index (χ4v) is 3.97. The molecule has 1 amide bonds. The van der Waals surface area contributed by atoms with Crippen LogP contribution < -0.4 is 10.1 Å². The normalized spacial score (nSPS) is 26.3. The molecule has 0 aromatic carbocycles. The number of amides is 1. The number of rotatable bonds is 5. The number of hydrogen-bond donors (Lipinski definition) is 1. The van der Waals surface area contributed by atoms with Gasteiger partial charge in [0, 0.05) is 31.3 Å². The van der Waals surface area contributed by atoms with Crippen molar-refractivity contribution >= 4 is 5.91 Å². The minimum atomic E-state index is -0.365. The highest BCUT2D eigenvalue weighted by Gasteiger charge is 2.54. The van der Waals surface area contributed by atoms with Crippen molar-refractivity contribution in [1.82, 2.24) is 15.2 Å². The van der Waals surface area contributed by atoms with E-state index in [1.54, 1.807) is 6.20 Å². The molecule has 2 aromatic heterocycles. The van der Waals surface area contributed by atoms with Gasteiger partial charge in [-0.2, -0.15) is 0 Å². The molecule has 2 aromatic rings. The molecule has 0 aliphatic carbocycles. The van der Waals surface area contributed by atoms with E-state index in [0.29, 0.717) is 19.0 Å². The van der Waals surface area contributed by atoms with E-state index in [1.165, 1.54) is 0 Å². The summed E-state index contributed by atoms with van der Waals surface area (Å²) in [5, 5.41) is 3.04. The van der Waals surface area contributed by atoms with Crippen LogP contribution >= 0.6 is 0 Å². The second kappa shape index (κ2) is 6.52. The molecule has 1 N–H and O–H groups in total. The molecule has 6 heteroatoms. The van der Waals surface area contributed by atoms with Crippen molar-refractivity contribution in [3.05, 3.63) is 48.0 Å². The molecule has 0 unspecified atom stereocenters. The average molecular weight is 341 g/mol. The topological polar surface area (TPSA) is 67.6 Å². The van der Waals surface area contributed by atoms with E-state index in [0.717, 1.165) is 37.6 Å². The minimum absolute atomic E-state index is 0.153. The number of likely N-dealkylation sites (tertiary alicyclic amines) is 1. The van der Waals surface area contributed by atoms with Crippen molar-refractivity contribution < 1.29 is 13.9 Å². The van der Waals surface area contributed by atoms with Crippen molar-refractivity contribution in [2.24, 2.45) is 11.3 Å². The first-order chi connectivity index (χ1) is 12.2. The van der Waals surface area contributed by atoms with Crippen LogP contribution in [0.5, 0.6) is 5.88 Å². The van der Waals surface area contributed by atoms with Gasteiger partial charge in [0.15, 0.2) is 0 Å². The Morgan fingerprint density at radius 1 is 1.40 bits per heavy atom. The Balaban J connectivity index is 1.42. The maximum absolute atomic E-state index is 12.6. The number of carbonyl (C=O) groups is 1. The van der Waals surface area contributed by atoms with Gasteiger partial charge >= 0.3 is 0 Å². The molecule has 6 nitrogen and oxygen atoms in total. The first-order valence-electron chi connectivity index (χ1n) is 8.75. The maximum Gasteiger partial charge on any atom is 0.228 e. The van der Waals surface area contributed by atoms with Gasteiger partial charge in [-0.15, -0.1) is 0 Å². The SMILES string of the molecule is Cc1ccc(CN2CC[C@]3(C2)C(=O)NC[C@H]3COc2ccccn2)o1. The van der Waals surface area contributed by atoms with Gasteiger partial charge in [-0.25, -0.2) is 4.98 Å². The highest BCUT2D eigenvalue weighted by atomic mass is 16.5. The zero-order chi connectivity index (χ0) is 17.3. The van der Waals surface area contributed by atoms with E-state index < -0.39 is 0 Å². The Kier molecular flexibility index (Phi) is 4.21.